The van der Waals surface area contributed by atoms with E-state index < -0.39 is 6.29 Å². The van der Waals surface area contributed by atoms with E-state index in [0.29, 0.717) is 36.8 Å². The number of fused-ring (bicyclic) bond motifs is 1. The number of allylic oxidation sites excluding steroid dienone is 1. The number of carbonyl (C=O) groups is 1. The highest BCUT2D eigenvalue weighted by Gasteiger charge is 2.31. The highest BCUT2D eigenvalue weighted by molar-refractivity contribution is 6.12. The zero-order valence-electron chi connectivity index (χ0n) is 11.7. The van der Waals surface area contributed by atoms with Crippen molar-refractivity contribution < 1.29 is 19.4 Å². The van der Waals surface area contributed by atoms with Gasteiger partial charge in [-0.25, -0.2) is 0 Å². The lowest BCUT2D eigenvalue weighted by molar-refractivity contribution is 0.00672. The molecule has 0 radical (unpaired) electrons. The molecule has 1 aromatic carbocycles. The number of aliphatic hydroxyl groups is 1. The van der Waals surface area contributed by atoms with Crippen LogP contribution in [0, 0.1) is 0 Å². The highest BCUT2D eigenvalue weighted by Crippen LogP contribution is 2.30. The van der Waals surface area contributed by atoms with Crippen molar-refractivity contribution in [2.75, 3.05) is 19.8 Å². The Hall–Kier alpha value is -1.85. The minimum Gasteiger partial charge on any atom is -0.460 e. The Kier molecular flexibility index (Phi) is 4.76. The van der Waals surface area contributed by atoms with Crippen LogP contribution >= 0.6 is 0 Å². The Morgan fingerprint density at radius 1 is 1.45 bits per heavy atom. The van der Waals surface area contributed by atoms with E-state index in [1.54, 1.807) is 31.2 Å². The smallest absolute Gasteiger partial charge is 0.229 e. The number of nitrogens with one attached hydrogen (secondary N) is 1. The number of para-hydroxylation sites is 1. The molecule has 0 aliphatic carbocycles. The summed E-state index contributed by atoms with van der Waals surface area (Å²) in [5.41, 5.74) is 1.33. The first-order valence-electron chi connectivity index (χ1n) is 6.66. The molecule has 0 amide bonds. The maximum atomic E-state index is 12.4. The van der Waals surface area contributed by atoms with Gasteiger partial charge in [0, 0.05) is 18.8 Å². The second-order valence-electron chi connectivity index (χ2n) is 4.46. The van der Waals surface area contributed by atoms with Crippen molar-refractivity contribution in [2.45, 2.75) is 20.1 Å². The summed E-state index contributed by atoms with van der Waals surface area (Å²) in [6, 6.07) is 6.90. The summed E-state index contributed by atoms with van der Waals surface area (Å²) < 4.78 is 10.6. The molecule has 5 nitrogen and oxygen atoms in total. The van der Waals surface area contributed by atoms with Gasteiger partial charge in [0.1, 0.15) is 5.75 Å². The molecular formula is C15H19NO4. The third-order valence-electron chi connectivity index (χ3n) is 3.11. The van der Waals surface area contributed by atoms with Gasteiger partial charge in [-0.2, -0.15) is 0 Å². The molecule has 1 atom stereocenters. The molecule has 1 heterocycles. The molecule has 0 saturated carbocycles. The average molecular weight is 277 g/mol. The van der Waals surface area contributed by atoms with Crippen molar-refractivity contribution in [1.29, 1.82) is 0 Å². The molecule has 1 aromatic rings. The number of ketones is 1. The van der Waals surface area contributed by atoms with Crippen LogP contribution in [0.15, 0.2) is 35.5 Å². The van der Waals surface area contributed by atoms with Crippen molar-refractivity contribution in [1.82, 2.24) is 5.32 Å². The Morgan fingerprint density at radius 2 is 2.20 bits per heavy atom. The Morgan fingerprint density at radius 3 is 2.95 bits per heavy atom. The summed E-state index contributed by atoms with van der Waals surface area (Å²) in [5, 5.41) is 13.1. The van der Waals surface area contributed by atoms with Crippen molar-refractivity contribution in [2.24, 2.45) is 0 Å². The first-order chi connectivity index (χ1) is 9.65. The Balaban J connectivity index is 2.17. The SMILES string of the molecule is CCOCCNC(C)=C1C(=O)c2ccccc2OC1O. The molecule has 0 spiro atoms. The van der Waals surface area contributed by atoms with Crippen molar-refractivity contribution in [3.8, 4) is 5.75 Å². The molecule has 108 valence electrons. The van der Waals surface area contributed by atoms with E-state index in [9.17, 15) is 9.90 Å². The number of aliphatic hydroxyl groups excluding tert-OH is 1. The number of ether oxygens (including phenoxy) is 2. The van der Waals surface area contributed by atoms with Crippen LogP contribution in [0.2, 0.25) is 0 Å². The van der Waals surface area contributed by atoms with E-state index in [1.165, 1.54) is 0 Å². The maximum Gasteiger partial charge on any atom is 0.229 e. The van der Waals surface area contributed by atoms with Crippen LogP contribution in [0.5, 0.6) is 5.75 Å². The monoisotopic (exact) mass is 277 g/mol. The third kappa shape index (κ3) is 3.00. The van der Waals surface area contributed by atoms with Gasteiger partial charge in [0.2, 0.25) is 12.1 Å². The molecule has 1 aliphatic heterocycles. The standard InChI is InChI=1S/C15H19NO4/c1-3-19-9-8-16-10(2)13-14(17)11-6-4-5-7-12(11)20-15(13)18/h4-7,15-16,18H,3,8-9H2,1-2H3. The fourth-order valence-electron chi connectivity index (χ4n) is 2.10. The molecular weight excluding hydrogens is 258 g/mol. The van der Waals surface area contributed by atoms with E-state index in [4.69, 9.17) is 9.47 Å². The van der Waals surface area contributed by atoms with E-state index in [-0.39, 0.29) is 11.4 Å². The second kappa shape index (κ2) is 6.54. The quantitative estimate of drug-likeness (QED) is 0.630. The van der Waals surface area contributed by atoms with Crippen LogP contribution in [-0.4, -0.2) is 36.9 Å². The van der Waals surface area contributed by atoms with Crippen molar-refractivity contribution in [3.05, 3.63) is 41.1 Å². The van der Waals surface area contributed by atoms with E-state index in [0.717, 1.165) is 0 Å². The fourth-order valence-corrected chi connectivity index (χ4v) is 2.10. The molecule has 0 fully saturated rings. The van der Waals surface area contributed by atoms with Crippen LogP contribution in [0.25, 0.3) is 0 Å². The topological polar surface area (TPSA) is 67.8 Å². The number of hydrogen-bond donors (Lipinski definition) is 2. The van der Waals surface area contributed by atoms with Gasteiger partial charge in [-0.15, -0.1) is 0 Å². The number of Topliss-reactive ketones (excluding diaryl/α,β-unsaturated/α-hetero) is 1. The first-order valence-corrected chi connectivity index (χ1v) is 6.66. The van der Waals surface area contributed by atoms with Crippen LogP contribution in [0.3, 0.4) is 0 Å². The van der Waals surface area contributed by atoms with Gasteiger partial charge in [-0.3, -0.25) is 4.79 Å². The lowest BCUT2D eigenvalue weighted by atomic mass is 9.98. The van der Waals surface area contributed by atoms with E-state index in [2.05, 4.69) is 5.32 Å². The van der Waals surface area contributed by atoms with E-state index >= 15 is 0 Å². The van der Waals surface area contributed by atoms with Crippen LogP contribution in [0.1, 0.15) is 24.2 Å². The minimum absolute atomic E-state index is 0.208. The molecule has 0 bridgehead atoms. The van der Waals surface area contributed by atoms with Gasteiger partial charge in [0.15, 0.2) is 0 Å². The first kappa shape index (κ1) is 14.6. The van der Waals surface area contributed by atoms with E-state index in [1.807, 2.05) is 6.92 Å². The normalized spacial score (nSPS) is 20.1. The molecule has 5 heteroatoms. The molecule has 1 aliphatic rings. The van der Waals surface area contributed by atoms with Crippen molar-refractivity contribution in [3.63, 3.8) is 0 Å². The predicted molar refractivity (Wildman–Crippen MR) is 74.6 cm³/mol. The van der Waals surface area contributed by atoms with Gasteiger partial charge in [-0.1, -0.05) is 12.1 Å². The van der Waals surface area contributed by atoms with Gasteiger partial charge in [0.05, 0.1) is 17.7 Å². The summed E-state index contributed by atoms with van der Waals surface area (Å²) >= 11 is 0. The zero-order valence-corrected chi connectivity index (χ0v) is 11.7. The third-order valence-corrected chi connectivity index (χ3v) is 3.11. The number of carbonyl (C=O) groups excluding carboxylic acids is 1. The van der Waals surface area contributed by atoms with Gasteiger partial charge in [-0.05, 0) is 26.0 Å². The molecule has 0 saturated heterocycles. The average Bonchev–Trinajstić information content (AvgIpc) is 2.43. The summed E-state index contributed by atoms with van der Waals surface area (Å²) in [6.07, 6.45) is -1.24. The molecule has 2 N–H and O–H groups in total. The largest absolute Gasteiger partial charge is 0.460 e. The minimum atomic E-state index is -1.24. The molecule has 0 aromatic heterocycles. The number of benzene rings is 1. The van der Waals surface area contributed by atoms with Gasteiger partial charge in [0.25, 0.3) is 0 Å². The van der Waals surface area contributed by atoms with Gasteiger partial charge < -0.3 is 19.9 Å². The second-order valence-corrected chi connectivity index (χ2v) is 4.46. The zero-order chi connectivity index (χ0) is 14.5. The highest BCUT2D eigenvalue weighted by atomic mass is 16.6. The Bertz CT molecular complexity index is 524. The molecule has 2 rings (SSSR count). The van der Waals surface area contributed by atoms with Crippen LogP contribution in [-0.2, 0) is 4.74 Å². The summed E-state index contributed by atoms with van der Waals surface area (Å²) in [6.45, 7) is 5.44. The maximum absolute atomic E-state index is 12.4. The number of rotatable bonds is 5. The van der Waals surface area contributed by atoms with Crippen molar-refractivity contribution >= 4 is 5.78 Å². The number of hydrogen-bond acceptors (Lipinski definition) is 5. The van der Waals surface area contributed by atoms with Crippen LogP contribution in [0.4, 0.5) is 0 Å². The molecule has 1 unspecified atom stereocenters. The lowest BCUT2D eigenvalue weighted by Gasteiger charge is -2.25. The summed E-state index contributed by atoms with van der Waals surface area (Å²) in [4.78, 5) is 12.4. The summed E-state index contributed by atoms with van der Waals surface area (Å²) in [5.74, 6) is 0.205. The predicted octanol–water partition coefficient (Wildman–Crippen LogP) is 1.48. The van der Waals surface area contributed by atoms with Crippen LogP contribution < -0.4 is 10.1 Å². The lowest BCUT2D eigenvalue weighted by Crippen LogP contribution is -2.33. The summed E-state index contributed by atoms with van der Waals surface area (Å²) in [7, 11) is 0. The van der Waals surface area contributed by atoms with Gasteiger partial charge >= 0.3 is 0 Å². The Labute approximate surface area is 118 Å². The fraction of sp³-hybridized carbons (Fsp3) is 0.400. The molecule has 20 heavy (non-hydrogen) atoms.